The summed E-state index contributed by atoms with van der Waals surface area (Å²) in [5.74, 6) is 0.799. The molecule has 0 radical (unpaired) electrons. The topological polar surface area (TPSA) is 37.8 Å². The Hall–Kier alpha value is -1.26. The first-order valence-electron chi connectivity index (χ1n) is 7.91. The van der Waals surface area contributed by atoms with Crippen LogP contribution in [0.5, 0.6) is 0 Å². The fraction of sp³-hybridized carbons (Fsp3) is 0.529. The van der Waals surface area contributed by atoms with E-state index in [2.05, 4.69) is 46.1 Å². The van der Waals surface area contributed by atoms with Crippen LogP contribution in [0.2, 0.25) is 0 Å². The van der Waals surface area contributed by atoms with E-state index in [4.69, 9.17) is 0 Å². The van der Waals surface area contributed by atoms with Crippen molar-refractivity contribution < 1.29 is 0 Å². The molecule has 0 bridgehead atoms. The zero-order chi connectivity index (χ0) is 14.7. The van der Waals surface area contributed by atoms with Crippen LogP contribution in [0.15, 0.2) is 24.3 Å². The van der Waals surface area contributed by atoms with E-state index < -0.39 is 0 Å². The number of benzene rings is 1. The van der Waals surface area contributed by atoms with Crippen molar-refractivity contribution in [2.45, 2.75) is 51.0 Å². The van der Waals surface area contributed by atoms with Gasteiger partial charge in [0.05, 0.1) is 16.6 Å². The fourth-order valence-corrected chi connectivity index (χ4v) is 3.83. The average Bonchev–Trinajstić information content (AvgIpc) is 2.88. The number of nitrogens with zero attached hydrogens (tertiary/aromatic N) is 2. The summed E-state index contributed by atoms with van der Waals surface area (Å²) in [5.41, 5.74) is 3.95. The van der Waals surface area contributed by atoms with Crippen LogP contribution in [0.3, 0.4) is 0 Å². The summed E-state index contributed by atoms with van der Waals surface area (Å²) < 4.78 is 4.15. The lowest BCUT2D eigenvalue weighted by Crippen LogP contribution is -2.18. The summed E-state index contributed by atoms with van der Waals surface area (Å²) >= 11 is 1.52. The number of rotatable bonds is 6. The molecule has 3 rings (SSSR count). The van der Waals surface area contributed by atoms with Gasteiger partial charge < -0.3 is 5.32 Å². The number of hydrogen-bond donors (Lipinski definition) is 1. The summed E-state index contributed by atoms with van der Waals surface area (Å²) in [4.78, 5) is 1.26. The minimum Gasteiger partial charge on any atom is -0.309 e. The molecule has 0 saturated heterocycles. The molecular formula is C17H23N3S. The molecular weight excluding hydrogens is 278 g/mol. The second-order valence-corrected chi connectivity index (χ2v) is 6.64. The van der Waals surface area contributed by atoms with Crippen LogP contribution in [-0.2, 0) is 6.42 Å². The first-order valence-corrected chi connectivity index (χ1v) is 8.69. The van der Waals surface area contributed by atoms with Gasteiger partial charge in [-0.25, -0.2) is 0 Å². The van der Waals surface area contributed by atoms with Crippen molar-refractivity contribution in [3.05, 3.63) is 46.0 Å². The zero-order valence-corrected chi connectivity index (χ0v) is 13.6. The van der Waals surface area contributed by atoms with Crippen LogP contribution in [-0.4, -0.2) is 16.6 Å². The van der Waals surface area contributed by atoms with E-state index in [0.29, 0.717) is 0 Å². The summed E-state index contributed by atoms with van der Waals surface area (Å²) in [7, 11) is 2.01. The average molecular weight is 301 g/mol. The molecule has 3 nitrogen and oxygen atoms in total. The highest BCUT2D eigenvalue weighted by atomic mass is 32.1. The molecule has 4 heteroatoms. The summed E-state index contributed by atoms with van der Waals surface area (Å²) in [5, 5.41) is 7.72. The standard InChI is InChI=1S/C17H23N3S/c1-3-5-15-17(21-20-19-15)16(18-2)14-10-8-13(9-11-14)12-6-4-7-12/h8-12,16,18H,3-7H2,1-2H3. The number of nitrogens with one attached hydrogen (secondary N) is 1. The van der Waals surface area contributed by atoms with Gasteiger partial charge in [0.25, 0.3) is 0 Å². The molecule has 1 saturated carbocycles. The van der Waals surface area contributed by atoms with Gasteiger partial charge in [-0.2, -0.15) is 0 Å². The summed E-state index contributed by atoms with van der Waals surface area (Å²) in [6, 6.07) is 9.35. The Morgan fingerprint density at radius 2 is 2.05 bits per heavy atom. The SMILES string of the molecule is CCCc1nnsc1C(NC)c1ccc(C2CCC2)cc1. The first kappa shape index (κ1) is 14.7. The molecule has 1 aliphatic rings. The molecule has 1 aliphatic carbocycles. The predicted molar refractivity (Wildman–Crippen MR) is 87.8 cm³/mol. The van der Waals surface area contributed by atoms with Gasteiger partial charge in [-0.05, 0) is 54.9 Å². The van der Waals surface area contributed by atoms with Gasteiger partial charge in [0.2, 0.25) is 0 Å². The third-order valence-electron chi connectivity index (χ3n) is 4.47. The highest BCUT2D eigenvalue weighted by Gasteiger charge is 2.22. The van der Waals surface area contributed by atoms with E-state index >= 15 is 0 Å². The van der Waals surface area contributed by atoms with Gasteiger partial charge in [0.15, 0.2) is 0 Å². The molecule has 1 heterocycles. The molecule has 0 amide bonds. The monoisotopic (exact) mass is 301 g/mol. The van der Waals surface area contributed by atoms with E-state index in [-0.39, 0.29) is 6.04 Å². The molecule has 112 valence electrons. The third-order valence-corrected chi connectivity index (χ3v) is 5.30. The first-order chi connectivity index (χ1) is 10.3. The van der Waals surface area contributed by atoms with Gasteiger partial charge in [-0.3, -0.25) is 0 Å². The van der Waals surface area contributed by atoms with Crippen molar-refractivity contribution >= 4 is 11.5 Å². The van der Waals surface area contributed by atoms with Crippen molar-refractivity contribution in [2.75, 3.05) is 7.05 Å². The van der Waals surface area contributed by atoms with Gasteiger partial charge in [0, 0.05) is 0 Å². The zero-order valence-electron chi connectivity index (χ0n) is 12.8. The minimum absolute atomic E-state index is 0.210. The predicted octanol–water partition coefficient (Wildman–Crippen LogP) is 4.07. The number of aromatic nitrogens is 2. The van der Waals surface area contributed by atoms with E-state index in [0.717, 1.165) is 24.5 Å². The molecule has 1 atom stereocenters. The van der Waals surface area contributed by atoms with Crippen molar-refractivity contribution in [3.8, 4) is 0 Å². The lowest BCUT2D eigenvalue weighted by atomic mass is 9.80. The van der Waals surface area contributed by atoms with Crippen molar-refractivity contribution in [2.24, 2.45) is 0 Å². The lowest BCUT2D eigenvalue weighted by molar-refractivity contribution is 0.419. The maximum atomic E-state index is 4.30. The lowest BCUT2D eigenvalue weighted by Gasteiger charge is -2.26. The molecule has 2 aromatic rings. The minimum atomic E-state index is 0.210. The van der Waals surface area contributed by atoms with Gasteiger partial charge in [-0.15, -0.1) is 5.10 Å². The van der Waals surface area contributed by atoms with Crippen molar-refractivity contribution in [1.82, 2.24) is 14.9 Å². The molecule has 1 aromatic carbocycles. The second-order valence-electron chi connectivity index (χ2n) is 5.85. The van der Waals surface area contributed by atoms with Gasteiger partial charge in [-0.1, -0.05) is 48.5 Å². The van der Waals surface area contributed by atoms with Crippen LogP contribution >= 0.6 is 11.5 Å². The highest BCUT2D eigenvalue weighted by molar-refractivity contribution is 7.05. The maximum Gasteiger partial charge on any atom is 0.0807 e. The van der Waals surface area contributed by atoms with E-state index in [1.54, 1.807) is 0 Å². The van der Waals surface area contributed by atoms with Gasteiger partial charge in [0.1, 0.15) is 0 Å². The molecule has 0 spiro atoms. The molecule has 1 N–H and O–H groups in total. The Balaban J connectivity index is 1.83. The molecule has 1 fully saturated rings. The number of hydrogen-bond acceptors (Lipinski definition) is 4. The maximum absolute atomic E-state index is 4.30. The summed E-state index contributed by atoms with van der Waals surface area (Å²) in [6.07, 6.45) is 6.21. The highest BCUT2D eigenvalue weighted by Crippen LogP contribution is 2.37. The second kappa shape index (κ2) is 6.67. The largest absolute Gasteiger partial charge is 0.309 e. The van der Waals surface area contributed by atoms with Crippen LogP contribution in [0, 0.1) is 0 Å². The fourth-order valence-electron chi connectivity index (χ4n) is 3.00. The third kappa shape index (κ3) is 3.01. The molecule has 1 unspecified atom stereocenters. The Kier molecular flexibility index (Phi) is 4.66. The Bertz CT molecular complexity index is 572. The molecule has 1 aromatic heterocycles. The van der Waals surface area contributed by atoms with Crippen LogP contribution in [0.4, 0.5) is 0 Å². The molecule has 21 heavy (non-hydrogen) atoms. The van der Waals surface area contributed by atoms with E-state index in [1.807, 2.05) is 7.05 Å². The Labute approximate surface area is 131 Å². The molecule has 0 aliphatic heterocycles. The van der Waals surface area contributed by atoms with Crippen LogP contribution in [0.25, 0.3) is 0 Å². The smallest absolute Gasteiger partial charge is 0.0807 e. The van der Waals surface area contributed by atoms with Crippen LogP contribution < -0.4 is 5.32 Å². The van der Waals surface area contributed by atoms with E-state index in [9.17, 15) is 0 Å². The number of aryl methyl sites for hydroxylation is 1. The van der Waals surface area contributed by atoms with Crippen molar-refractivity contribution in [3.63, 3.8) is 0 Å². The van der Waals surface area contributed by atoms with E-state index in [1.165, 1.54) is 46.8 Å². The normalized spacial score (nSPS) is 16.7. The van der Waals surface area contributed by atoms with Gasteiger partial charge >= 0.3 is 0 Å². The van der Waals surface area contributed by atoms with Crippen LogP contribution in [0.1, 0.15) is 66.3 Å². The van der Waals surface area contributed by atoms with Crippen molar-refractivity contribution in [1.29, 1.82) is 0 Å². The quantitative estimate of drug-likeness (QED) is 0.874. The summed E-state index contributed by atoms with van der Waals surface area (Å²) in [6.45, 7) is 2.19. The Morgan fingerprint density at radius 3 is 2.62 bits per heavy atom. The Morgan fingerprint density at radius 1 is 1.29 bits per heavy atom.